The van der Waals surface area contributed by atoms with Crippen molar-refractivity contribution in [3.63, 3.8) is 0 Å². The Bertz CT molecular complexity index is 803. The van der Waals surface area contributed by atoms with Crippen molar-refractivity contribution in [3.8, 4) is 0 Å². The summed E-state index contributed by atoms with van der Waals surface area (Å²) in [6.45, 7) is 14.0. The van der Waals surface area contributed by atoms with E-state index in [1.54, 1.807) is 4.90 Å². The van der Waals surface area contributed by atoms with Crippen molar-refractivity contribution in [2.24, 2.45) is 0 Å². The quantitative estimate of drug-likeness (QED) is 0.804. The molecule has 27 heavy (non-hydrogen) atoms. The summed E-state index contributed by atoms with van der Waals surface area (Å²) in [5.74, 6) is 0.417. The van der Waals surface area contributed by atoms with Crippen molar-refractivity contribution in [3.05, 3.63) is 41.6 Å². The van der Waals surface area contributed by atoms with E-state index < -0.39 is 5.60 Å². The van der Waals surface area contributed by atoms with E-state index in [0.29, 0.717) is 19.0 Å². The lowest BCUT2D eigenvalue weighted by atomic mass is 10.0. The highest BCUT2D eigenvalue weighted by atomic mass is 16.6. The summed E-state index contributed by atoms with van der Waals surface area (Å²) in [6, 6.07) is 10.7. The highest BCUT2D eigenvalue weighted by molar-refractivity contribution is 5.82. The number of aromatic nitrogens is 1. The molecule has 1 aromatic heterocycles. The normalized spacial score (nSPS) is 16.1. The van der Waals surface area contributed by atoms with Crippen molar-refractivity contribution in [2.45, 2.75) is 52.7 Å². The lowest BCUT2D eigenvalue weighted by Gasteiger charge is -2.35. The molecule has 0 aliphatic carbocycles. The summed E-state index contributed by atoms with van der Waals surface area (Å²) >= 11 is 0. The molecule has 0 bridgehead atoms. The maximum absolute atomic E-state index is 12.2. The summed E-state index contributed by atoms with van der Waals surface area (Å²) in [5.41, 5.74) is 3.03. The SMILES string of the molecule is CC(C)c1ccc2cccc(CN3CCN(C(=O)OC(C)(C)C)CC3)c2n1. The monoisotopic (exact) mass is 369 g/mol. The number of hydrogen-bond donors (Lipinski definition) is 0. The Labute approximate surface area is 162 Å². The van der Waals surface area contributed by atoms with Gasteiger partial charge in [0.15, 0.2) is 0 Å². The van der Waals surface area contributed by atoms with E-state index in [9.17, 15) is 4.79 Å². The number of pyridine rings is 1. The molecule has 3 rings (SSSR count). The first-order chi connectivity index (χ1) is 12.7. The minimum atomic E-state index is -0.447. The second kappa shape index (κ2) is 7.85. The van der Waals surface area contributed by atoms with Crippen LogP contribution in [0.1, 0.15) is 51.8 Å². The van der Waals surface area contributed by atoms with Crippen LogP contribution in [0.3, 0.4) is 0 Å². The molecule has 0 atom stereocenters. The van der Waals surface area contributed by atoms with Gasteiger partial charge in [-0.25, -0.2) is 4.79 Å². The average molecular weight is 370 g/mol. The van der Waals surface area contributed by atoms with Crippen molar-refractivity contribution in [1.29, 1.82) is 0 Å². The van der Waals surface area contributed by atoms with Crippen LogP contribution in [-0.4, -0.2) is 52.7 Å². The van der Waals surface area contributed by atoms with E-state index in [1.807, 2.05) is 20.8 Å². The molecule has 1 amide bonds. The number of nitrogens with zero attached hydrogens (tertiary/aromatic N) is 3. The number of piperazine rings is 1. The van der Waals surface area contributed by atoms with Gasteiger partial charge in [-0.05, 0) is 38.3 Å². The van der Waals surface area contributed by atoms with E-state index in [4.69, 9.17) is 9.72 Å². The van der Waals surface area contributed by atoms with Crippen LogP contribution in [0, 0.1) is 0 Å². The van der Waals surface area contributed by atoms with Crippen LogP contribution >= 0.6 is 0 Å². The van der Waals surface area contributed by atoms with Crippen LogP contribution in [0.2, 0.25) is 0 Å². The highest BCUT2D eigenvalue weighted by Gasteiger charge is 2.26. The van der Waals surface area contributed by atoms with Gasteiger partial charge in [-0.15, -0.1) is 0 Å². The van der Waals surface area contributed by atoms with Gasteiger partial charge in [-0.1, -0.05) is 38.1 Å². The number of rotatable bonds is 3. The molecule has 0 unspecified atom stereocenters. The number of carbonyl (C=O) groups is 1. The summed E-state index contributed by atoms with van der Waals surface area (Å²) in [7, 11) is 0. The van der Waals surface area contributed by atoms with Gasteiger partial charge in [-0.2, -0.15) is 0 Å². The number of ether oxygens (including phenoxy) is 1. The standard InChI is InChI=1S/C22H31N3O2/c1-16(2)19-10-9-17-7-6-8-18(20(17)23-19)15-24-11-13-25(14-12-24)21(26)27-22(3,4)5/h6-10,16H,11-15H2,1-5H3. The fourth-order valence-electron chi connectivity index (χ4n) is 3.33. The summed E-state index contributed by atoms with van der Waals surface area (Å²) in [5, 5.41) is 1.18. The Hall–Kier alpha value is -2.14. The third-order valence-electron chi connectivity index (χ3n) is 4.83. The average Bonchev–Trinajstić information content (AvgIpc) is 2.60. The molecule has 1 aliphatic rings. The molecule has 146 valence electrons. The van der Waals surface area contributed by atoms with Crippen molar-refractivity contribution >= 4 is 17.0 Å². The molecule has 1 aromatic carbocycles. The lowest BCUT2D eigenvalue weighted by molar-refractivity contribution is 0.0139. The van der Waals surface area contributed by atoms with Gasteiger partial charge < -0.3 is 9.64 Å². The predicted octanol–water partition coefficient (Wildman–Crippen LogP) is 4.41. The third kappa shape index (κ3) is 4.98. The van der Waals surface area contributed by atoms with Crippen LogP contribution in [0.4, 0.5) is 4.79 Å². The molecule has 1 fully saturated rings. The molecule has 0 radical (unpaired) electrons. The molecular formula is C22H31N3O2. The Kier molecular flexibility index (Phi) is 5.70. The van der Waals surface area contributed by atoms with Crippen molar-refractivity contribution < 1.29 is 9.53 Å². The first-order valence-corrected chi connectivity index (χ1v) is 9.82. The van der Waals surface area contributed by atoms with E-state index in [1.165, 1.54) is 10.9 Å². The van der Waals surface area contributed by atoms with E-state index >= 15 is 0 Å². The second-order valence-electron chi connectivity index (χ2n) is 8.62. The molecule has 0 saturated carbocycles. The Morgan fingerprint density at radius 1 is 1.11 bits per heavy atom. The van der Waals surface area contributed by atoms with E-state index in [0.717, 1.165) is 30.8 Å². The maximum Gasteiger partial charge on any atom is 0.410 e. The molecule has 5 nitrogen and oxygen atoms in total. The summed E-state index contributed by atoms with van der Waals surface area (Å²) in [4.78, 5) is 21.3. The van der Waals surface area contributed by atoms with E-state index in [-0.39, 0.29) is 6.09 Å². The molecular weight excluding hydrogens is 338 g/mol. The highest BCUT2D eigenvalue weighted by Crippen LogP contribution is 2.22. The first-order valence-electron chi connectivity index (χ1n) is 9.82. The second-order valence-corrected chi connectivity index (χ2v) is 8.62. The number of hydrogen-bond acceptors (Lipinski definition) is 4. The van der Waals surface area contributed by atoms with Crippen molar-refractivity contribution in [1.82, 2.24) is 14.8 Å². The van der Waals surface area contributed by atoms with Crippen LogP contribution in [0.15, 0.2) is 30.3 Å². The zero-order valence-electron chi connectivity index (χ0n) is 17.2. The molecule has 2 heterocycles. The molecule has 1 saturated heterocycles. The molecule has 0 spiro atoms. The van der Waals surface area contributed by atoms with Gasteiger partial charge in [-0.3, -0.25) is 9.88 Å². The van der Waals surface area contributed by atoms with Crippen molar-refractivity contribution in [2.75, 3.05) is 26.2 Å². The van der Waals surface area contributed by atoms with Crippen LogP contribution in [0.5, 0.6) is 0 Å². The lowest BCUT2D eigenvalue weighted by Crippen LogP contribution is -2.49. The molecule has 1 aliphatic heterocycles. The van der Waals surface area contributed by atoms with Gasteiger partial charge in [0.1, 0.15) is 5.60 Å². The van der Waals surface area contributed by atoms with Gasteiger partial charge in [0, 0.05) is 43.8 Å². The van der Waals surface area contributed by atoms with Crippen LogP contribution in [0.25, 0.3) is 10.9 Å². The molecule has 2 aromatic rings. The fourth-order valence-corrected chi connectivity index (χ4v) is 3.33. The number of carbonyl (C=O) groups excluding carboxylic acids is 1. The number of para-hydroxylation sites is 1. The third-order valence-corrected chi connectivity index (χ3v) is 4.83. The minimum absolute atomic E-state index is 0.212. The minimum Gasteiger partial charge on any atom is -0.444 e. The van der Waals surface area contributed by atoms with Crippen LogP contribution in [-0.2, 0) is 11.3 Å². The topological polar surface area (TPSA) is 45.7 Å². The van der Waals surface area contributed by atoms with Gasteiger partial charge in [0.05, 0.1) is 5.52 Å². The number of amides is 1. The van der Waals surface area contributed by atoms with Gasteiger partial charge in [0.25, 0.3) is 0 Å². The largest absolute Gasteiger partial charge is 0.444 e. The summed E-state index contributed by atoms with van der Waals surface area (Å²) in [6.07, 6.45) is -0.212. The Balaban J connectivity index is 1.67. The zero-order valence-corrected chi connectivity index (χ0v) is 17.2. The fraction of sp³-hybridized carbons (Fsp3) is 0.545. The van der Waals surface area contributed by atoms with Gasteiger partial charge in [0.2, 0.25) is 0 Å². The smallest absolute Gasteiger partial charge is 0.410 e. The van der Waals surface area contributed by atoms with E-state index in [2.05, 4.69) is 49.1 Å². The molecule has 5 heteroatoms. The van der Waals surface area contributed by atoms with Crippen LogP contribution < -0.4 is 0 Å². The number of benzene rings is 1. The first kappa shape index (κ1) is 19.6. The maximum atomic E-state index is 12.2. The Morgan fingerprint density at radius 3 is 2.44 bits per heavy atom. The number of fused-ring (bicyclic) bond motifs is 1. The van der Waals surface area contributed by atoms with Gasteiger partial charge >= 0.3 is 6.09 Å². The zero-order chi connectivity index (χ0) is 19.6. The molecule has 0 N–H and O–H groups in total. The summed E-state index contributed by atoms with van der Waals surface area (Å²) < 4.78 is 5.48. The Morgan fingerprint density at radius 2 is 1.81 bits per heavy atom. The predicted molar refractivity (Wildman–Crippen MR) is 109 cm³/mol.